The van der Waals surface area contributed by atoms with Crippen molar-refractivity contribution >= 4 is 21.9 Å². The standard InChI is InChI=1S/C13H12BrNO2/c14-11-5-2-1-4-10(11)7-9-15-8-3-6-12(15)13(16)17/h1-6,8H,7,9H2,(H,16,17). The van der Waals surface area contributed by atoms with Crippen LogP contribution >= 0.6 is 15.9 Å². The van der Waals surface area contributed by atoms with E-state index in [2.05, 4.69) is 15.9 Å². The number of aryl methyl sites for hydroxylation is 2. The van der Waals surface area contributed by atoms with Crippen molar-refractivity contribution in [3.05, 3.63) is 58.3 Å². The third-order valence-electron chi connectivity index (χ3n) is 2.63. The van der Waals surface area contributed by atoms with Crippen LogP contribution in [0, 0.1) is 0 Å². The maximum atomic E-state index is 10.9. The van der Waals surface area contributed by atoms with Crippen LogP contribution in [-0.2, 0) is 13.0 Å². The van der Waals surface area contributed by atoms with E-state index >= 15 is 0 Å². The summed E-state index contributed by atoms with van der Waals surface area (Å²) in [4.78, 5) is 10.9. The number of carboxylic acids is 1. The fourth-order valence-electron chi connectivity index (χ4n) is 1.75. The van der Waals surface area contributed by atoms with E-state index in [1.807, 2.05) is 24.3 Å². The molecule has 0 aliphatic heterocycles. The highest BCUT2D eigenvalue weighted by Gasteiger charge is 2.08. The van der Waals surface area contributed by atoms with Gasteiger partial charge in [0.2, 0.25) is 0 Å². The van der Waals surface area contributed by atoms with E-state index < -0.39 is 5.97 Å². The van der Waals surface area contributed by atoms with Gasteiger partial charge in [-0.3, -0.25) is 0 Å². The molecule has 0 radical (unpaired) electrons. The Bertz CT molecular complexity index is 534. The Hall–Kier alpha value is -1.55. The lowest BCUT2D eigenvalue weighted by molar-refractivity contribution is 0.0685. The number of aromatic carboxylic acids is 1. The smallest absolute Gasteiger partial charge is 0.352 e. The molecule has 0 spiro atoms. The Morgan fingerprint density at radius 3 is 2.71 bits per heavy atom. The molecule has 1 aromatic heterocycles. The van der Waals surface area contributed by atoms with Gasteiger partial charge in [0.1, 0.15) is 5.69 Å². The molecule has 3 nitrogen and oxygen atoms in total. The zero-order valence-electron chi connectivity index (χ0n) is 9.14. The second-order valence-electron chi connectivity index (χ2n) is 3.73. The summed E-state index contributed by atoms with van der Waals surface area (Å²) in [5.74, 6) is -0.887. The summed E-state index contributed by atoms with van der Waals surface area (Å²) in [6.07, 6.45) is 2.59. The summed E-state index contributed by atoms with van der Waals surface area (Å²) in [5, 5.41) is 8.98. The van der Waals surface area contributed by atoms with Gasteiger partial charge < -0.3 is 9.67 Å². The minimum absolute atomic E-state index is 0.331. The van der Waals surface area contributed by atoms with Crippen LogP contribution in [0.5, 0.6) is 0 Å². The van der Waals surface area contributed by atoms with Crippen LogP contribution in [0.1, 0.15) is 16.1 Å². The van der Waals surface area contributed by atoms with Crippen LogP contribution in [0.4, 0.5) is 0 Å². The summed E-state index contributed by atoms with van der Waals surface area (Å²) >= 11 is 3.48. The average Bonchev–Trinajstić information content (AvgIpc) is 2.76. The lowest BCUT2D eigenvalue weighted by Crippen LogP contribution is -2.09. The summed E-state index contributed by atoms with van der Waals surface area (Å²) in [6, 6.07) is 11.3. The lowest BCUT2D eigenvalue weighted by atomic mass is 10.1. The number of benzene rings is 1. The quantitative estimate of drug-likeness (QED) is 0.941. The molecule has 0 saturated heterocycles. The fourth-order valence-corrected chi connectivity index (χ4v) is 2.23. The maximum Gasteiger partial charge on any atom is 0.352 e. The van der Waals surface area contributed by atoms with Crippen molar-refractivity contribution in [3.63, 3.8) is 0 Å². The van der Waals surface area contributed by atoms with E-state index in [4.69, 9.17) is 5.11 Å². The molecule has 0 atom stereocenters. The van der Waals surface area contributed by atoms with Crippen molar-refractivity contribution in [1.82, 2.24) is 4.57 Å². The Morgan fingerprint density at radius 1 is 1.24 bits per heavy atom. The molecule has 0 bridgehead atoms. The normalized spacial score (nSPS) is 10.4. The lowest BCUT2D eigenvalue weighted by Gasteiger charge is -2.07. The topological polar surface area (TPSA) is 42.2 Å². The molecule has 0 unspecified atom stereocenters. The van der Waals surface area contributed by atoms with Crippen molar-refractivity contribution in [2.24, 2.45) is 0 Å². The van der Waals surface area contributed by atoms with Gasteiger partial charge in [-0.2, -0.15) is 0 Å². The van der Waals surface area contributed by atoms with Crippen LogP contribution in [-0.4, -0.2) is 15.6 Å². The molecule has 0 fully saturated rings. The van der Waals surface area contributed by atoms with E-state index in [-0.39, 0.29) is 0 Å². The summed E-state index contributed by atoms with van der Waals surface area (Å²) in [5.41, 5.74) is 1.51. The van der Waals surface area contributed by atoms with Gasteiger partial charge in [0.05, 0.1) is 0 Å². The number of nitrogens with zero attached hydrogens (tertiary/aromatic N) is 1. The summed E-state index contributed by atoms with van der Waals surface area (Å²) < 4.78 is 2.81. The molecule has 1 aromatic carbocycles. The first-order valence-electron chi connectivity index (χ1n) is 5.30. The molecule has 0 saturated carbocycles. The summed E-state index contributed by atoms with van der Waals surface area (Å²) in [6.45, 7) is 0.664. The molecule has 0 amide bonds. The van der Waals surface area contributed by atoms with Gasteiger partial charge in [-0.25, -0.2) is 4.79 Å². The molecule has 1 heterocycles. The van der Waals surface area contributed by atoms with E-state index in [1.54, 1.807) is 22.9 Å². The van der Waals surface area contributed by atoms with Crippen LogP contribution in [0.3, 0.4) is 0 Å². The van der Waals surface area contributed by atoms with Crippen LogP contribution in [0.25, 0.3) is 0 Å². The van der Waals surface area contributed by atoms with Gasteiger partial charge in [0.25, 0.3) is 0 Å². The van der Waals surface area contributed by atoms with Crippen LogP contribution in [0.15, 0.2) is 47.1 Å². The molecule has 2 aromatic rings. The van der Waals surface area contributed by atoms with Gasteiger partial charge in [-0.05, 0) is 30.2 Å². The summed E-state index contributed by atoms with van der Waals surface area (Å²) in [7, 11) is 0. The molecule has 0 aliphatic rings. The number of carboxylic acid groups (broad SMARTS) is 1. The van der Waals surface area contributed by atoms with Crippen molar-refractivity contribution in [2.75, 3.05) is 0 Å². The Kier molecular flexibility index (Phi) is 3.64. The average molecular weight is 294 g/mol. The first-order chi connectivity index (χ1) is 8.18. The number of rotatable bonds is 4. The number of halogens is 1. The molecule has 2 rings (SSSR count). The third-order valence-corrected chi connectivity index (χ3v) is 3.40. The fraction of sp³-hybridized carbons (Fsp3) is 0.154. The molecule has 88 valence electrons. The van der Waals surface area contributed by atoms with Gasteiger partial charge in [-0.15, -0.1) is 0 Å². The third kappa shape index (κ3) is 2.77. The zero-order valence-corrected chi connectivity index (χ0v) is 10.7. The number of hydrogen-bond donors (Lipinski definition) is 1. The van der Waals surface area contributed by atoms with Gasteiger partial charge in [-0.1, -0.05) is 34.1 Å². The van der Waals surface area contributed by atoms with E-state index in [1.165, 1.54) is 5.56 Å². The highest BCUT2D eigenvalue weighted by atomic mass is 79.9. The van der Waals surface area contributed by atoms with Crippen LogP contribution < -0.4 is 0 Å². The highest BCUT2D eigenvalue weighted by Crippen LogP contribution is 2.17. The van der Waals surface area contributed by atoms with Gasteiger partial charge >= 0.3 is 5.97 Å². The Morgan fingerprint density at radius 2 is 2.00 bits per heavy atom. The Balaban J connectivity index is 2.10. The molecule has 4 heteroatoms. The maximum absolute atomic E-state index is 10.9. The minimum atomic E-state index is -0.887. The van der Waals surface area contributed by atoms with Crippen molar-refractivity contribution in [3.8, 4) is 0 Å². The minimum Gasteiger partial charge on any atom is -0.477 e. The van der Waals surface area contributed by atoms with Gasteiger partial charge in [0.15, 0.2) is 0 Å². The number of aromatic nitrogens is 1. The second-order valence-corrected chi connectivity index (χ2v) is 4.59. The van der Waals surface area contributed by atoms with Crippen molar-refractivity contribution < 1.29 is 9.90 Å². The molecule has 0 aliphatic carbocycles. The Labute approximate surface area is 108 Å². The first-order valence-corrected chi connectivity index (χ1v) is 6.09. The first kappa shape index (κ1) is 11.9. The van der Waals surface area contributed by atoms with Crippen molar-refractivity contribution in [2.45, 2.75) is 13.0 Å². The molecular weight excluding hydrogens is 282 g/mol. The zero-order chi connectivity index (χ0) is 12.3. The molecular formula is C13H12BrNO2. The SMILES string of the molecule is O=C(O)c1cccn1CCc1ccccc1Br. The van der Waals surface area contributed by atoms with Crippen LogP contribution in [0.2, 0.25) is 0 Å². The molecule has 17 heavy (non-hydrogen) atoms. The number of carbonyl (C=O) groups is 1. The van der Waals surface area contributed by atoms with E-state index in [0.29, 0.717) is 12.2 Å². The number of hydrogen-bond acceptors (Lipinski definition) is 1. The predicted molar refractivity (Wildman–Crippen MR) is 69.2 cm³/mol. The molecule has 1 N–H and O–H groups in total. The van der Waals surface area contributed by atoms with Gasteiger partial charge in [0, 0.05) is 17.2 Å². The van der Waals surface area contributed by atoms with Crippen molar-refractivity contribution in [1.29, 1.82) is 0 Å². The second kappa shape index (κ2) is 5.19. The predicted octanol–water partition coefficient (Wildman–Crippen LogP) is 3.19. The largest absolute Gasteiger partial charge is 0.477 e. The highest BCUT2D eigenvalue weighted by molar-refractivity contribution is 9.10. The van der Waals surface area contributed by atoms with E-state index in [0.717, 1.165) is 10.9 Å². The monoisotopic (exact) mass is 293 g/mol. The van der Waals surface area contributed by atoms with E-state index in [9.17, 15) is 4.79 Å².